The van der Waals surface area contributed by atoms with Crippen molar-refractivity contribution >= 4 is 11.9 Å². The molecule has 28 heavy (non-hydrogen) atoms. The van der Waals surface area contributed by atoms with Gasteiger partial charge in [0.05, 0.1) is 12.7 Å². The van der Waals surface area contributed by atoms with Crippen LogP contribution < -0.4 is 10.1 Å². The molecule has 150 valence electrons. The topological polar surface area (TPSA) is 79.9 Å². The minimum atomic E-state index is -0.465. The van der Waals surface area contributed by atoms with Crippen molar-refractivity contribution < 1.29 is 13.9 Å². The number of ether oxygens (including phenoxy) is 1. The van der Waals surface area contributed by atoms with E-state index in [0.717, 1.165) is 5.92 Å². The smallest absolute Gasteiger partial charge is 0.249 e. The van der Waals surface area contributed by atoms with E-state index in [9.17, 15) is 9.18 Å². The molecule has 2 fully saturated rings. The number of nitrogens with one attached hydrogen (secondary N) is 2. The molecule has 1 aromatic carbocycles. The van der Waals surface area contributed by atoms with Crippen LogP contribution in [-0.4, -0.2) is 28.2 Å². The first kappa shape index (κ1) is 18.9. The molecule has 1 amide bonds. The summed E-state index contributed by atoms with van der Waals surface area (Å²) in [5.41, 5.74) is 0.277. The zero-order chi connectivity index (χ0) is 19.8. The standard InChI is InChI=1S/C21H27FN4O2/c1-11-8-14(9-13-4-5-13)18(11)12(2)20(27)24-21-23-19(25-26-21)16-7-6-15(28-3)10-17(16)22/h6-7,10-14,18H,4-5,8-9H2,1-3H3,(H2,23,24,25,26,27). The summed E-state index contributed by atoms with van der Waals surface area (Å²) >= 11 is 0. The van der Waals surface area contributed by atoms with Gasteiger partial charge in [-0.2, -0.15) is 4.98 Å². The third-order valence-electron chi connectivity index (χ3n) is 6.35. The number of carbonyl (C=O) groups is 1. The number of aromatic nitrogens is 3. The van der Waals surface area contributed by atoms with Crippen molar-refractivity contribution in [2.75, 3.05) is 12.4 Å². The molecule has 0 spiro atoms. The van der Waals surface area contributed by atoms with Gasteiger partial charge in [0, 0.05) is 12.0 Å². The summed E-state index contributed by atoms with van der Waals surface area (Å²) in [5.74, 6) is 2.76. The summed E-state index contributed by atoms with van der Waals surface area (Å²) in [6, 6.07) is 4.51. The minimum Gasteiger partial charge on any atom is -0.497 e. The molecule has 6 nitrogen and oxygen atoms in total. The minimum absolute atomic E-state index is 0.0712. The molecule has 0 radical (unpaired) electrons. The zero-order valence-corrected chi connectivity index (χ0v) is 16.5. The Kier molecular flexibility index (Phi) is 5.08. The summed E-state index contributed by atoms with van der Waals surface area (Å²) in [5, 5.41) is 9.52. The van der Waals surface area contributed by atoms with E-state index in [0.29, 0.717) is 23.5 Å². The Labute approximate surface area is 164 Å². The van der Waals surface area contributed by atoms with E-state index in [2.05, 4.69) is 27.4 Å². The normalized spacial score (nSPS) is 25.1. The highest BCUT2D eigenvalue weighted by molar-refractivity contribution is 5.91. The Bertz CT molecular complexity index is 864. The van der Waals surface area contributed by atoms with Gasteiger partial charge in [-0.1, -0.05) is 26.7 Å². The molecule has 2 aliphatic carbocycles. The lowest BCUT2D eigenvalue weighted by molar-refractivity contribution is -0.125. The van der Waals surface area contributed by atoms with Gasteiger partial charge in [0.1, 0.15) is 11.6 Å². The molecule has 1 aromatic heterocycles. The highest BCUT2D eigenvalue weighted by atomic mass is 19.1. The van der Waals surface area contributed by atoms with Gasteiger partial charge in [-0.3, -0.25) is 15.2 Å². The number of amides is 1. The second-order valence-electron chi connectivity index (χ2n) is 8.36. The van der Waals surface area contributed by atoms with E-state index >= 15 is 0 Å². The third kappa shape index (κ3) is 3.75. The molecule has 4 unspecified atom stereocenters. The van der Waals surface area contributed by atoms with Crippen molar-refractivity contribution in [1.82, 2.24) is 15.2 Å². The molecule has 0 saturated heterocycles. The summed E-state index contributed by atoms with van der Waals surface area (Å²) in [6.07, 6.45) is 5.18. The average molecular weight is 386 g/mol. The first-order chi connectivity index (χ1) is 13.5. The summed E-state index contributed by atoms with van der Waals surface area (Å²) in [6.45, 7) is 4.22. The number of rotatable bonds is 7. The SMILES string of the molecule is COc1ccc(-c2nc(NC(=O)C(C)C3C(C)CC3CC3CC3)n[nH]2)c(F)c1. The van der Waals surface area contributed by atoms with E-state index in [1.165, 1.54) is 38.9 Å². The first-order valence-electron chi connectivity index (χ1n) is 10.0. The number of H-pyrrole nitrogens is 1. The maximum atomic E-state index is 14.2. The number of halogens is 1. The second kappa shape index (κ2) is 7.53. The monoisotopic (exact) mass is 386 g/mol. The van der Waals surface area contributed by atoms with E-state index < -0.39 is 5.82 Å². The molecule has 2 aromatic rings. The van der Waals surface area contributed by atoms with Gasteiger partial charge in [-0.25, -0.2) is 4.39 Å². The predicted octanol–water partition coefficient (Wildman–Crippen LogP) is 4.27. The van der Waals surface area contributed by atoms with E-state index in [4.69, 9.17) is 4.74 Å². The number of aromatic amines is 1. The van der Waals surface area contributed by atoms with Gasteiger partial charge in [0.25, 0.3) is 0 Å². The highest BCUT2D eigenvalue weighted by Crippen LogP contribution is 2.51. The number of nitrogens with zero attached hydrogens (tertiary/aromatic N) is 2. The van der Waals surface area contributed by atoms with Crippen LogP contribution in [0.5, 0.6) is 5.75 Å². The summed E-state index contributed by atoms with van der Waals surface area (Å²) in [7, 11) is 1.48. The predicted molar refractivity (Wildman–Crippen MR) is 104 cm³/mol. The van der Waals surface area contributed by atoms with Crippen LogP contribution in [0, 0.1) is 35.4 Å². The Morgan fingerprint density at radius 1 is 1.43 bits per heavy atom. The summed E-state index contributed by atoms with van der Waals surface area (Å²) in [4.78, 5) is 17.0. The van der Waals surface area contributed by atoms with Crippen molar-refractivity contribution in [2.24, 2.45) is 29.6 Å². The van der Waals surface area contributed by atoms with E-state index in [-0.39, 0.29) is 29.2 Å². The van der Waals surface area contributed by atoms with Crippen molar-refractivity contribution in [2.45, 2.75) is 39.5 Å². The van der Waals surface area contributed by atoms with Gasteiger partial charge in [-0.05, 0) is 48.6 Å². The number of carbonyl (C=O) groups excluding carboxylic acids is 1. The van der Waals surface area contributed by atoms with E-state index in [1.54, 1.807) is 12.1 Å². The van der Waals surface area contributed by atoms with Crippen molar-refractivity contribution in [3.8, 4) is 17.1 Å². The lowest BCUT2D eigenvalue weighted by atomic mass is 9.59. The van der Waals surface area contributed by atoms with E-state index in [1.807, 2.05) is 6.92 Å². The molecular weight excluding hydrogens is 359 g/mol. The lowest BCUT2D eigenvalue weighted by Crippen LogP contribution is -2.43. The fourth-order valence-corrected chi connectivity index (χ4v) is 4.65. The molecule has 4 rings (SSSR count). The Balaban J connectivity index is 1.41. The largest absolute Gasteiger partial charge is 0.497 e. The van der Waals surface area contributed by atoms with Gasteiger partial charge < -0.3 is 4.74 Å². The Morgan fingerprint density at radius 3 is 2.86 bits per heavy atom. The van der Waals surface area contributed by atoms with Crippen LogP contribution in [0.1, 0.15) is 39.5 Å². The van der Waals surface area contributed by atoms with Crippen LogP contribution in [0.3, 0.4) is 0 Å². The van der Waals surface area contributed by atoms with Gasteiger partial charge >= 0.3 is 0 Å². The molecular formula is C21H27FN4O2. The number of hydrogen-bond donors (Lipinski definition) is 2. The maximum Gasteiger partial charge on any atom is 0.249 e. The van der Waals surface area contributed by atoms with Crippen molar-refractivity contribution in [3.05, 3.63) is 24.0 Å². The van der Waals surface area contributed by atoms with Gasteiger partial charge in [0.2, 0.25) is 11.9 Å². The average Bonchev–Trinajstić information content (AvgIpc) is 3.37. The quantitative estimate of drug-likeness (QED) is 0.745. The van der Waals surface area contributed by atoms with Crippen LogP contribution in [0.15, 0.2) is 18.2 Å². The summed E-state index contributed by atoms with van der Waals surface area (Å²) < 4.78 is 19.2. The van der Waals surface area contributed by atoms with Crippen LogP contribution in [0.25, 0.3) is 11.4 Å². The second-order valence-corrected chi connectivity index (χ2v) is 8.36. The molecule has 2 saturated carbocycles. The van der Waals surface area contributed by atoms with Crippen LogP contribution in [0.4, 0.5) is 10.3 Å². The molecule has 0 aliphatic heterocycles. The number of anilines is 1. The highest BCUT2D eigenvalue weighted by Gasteiger charge is 2.45. The Hall–Kier alpha value is -2.44. The number of benzene rings is 1. The molecule has 1 heterocycles. The van der Waals surface area contributed by atoms with Gasteiger partial charge in [0.15, 0.2) is 5.82 Å². The molecule has 7 heteroatoms. The van der Waals surface area contributed by atoms with Crippen LogP contribution in [0.2, 0.25) is 0 Å². The van der Waals surface area contributed by atoms with Crippen LogP contribution in [-0.2, 0) is 4.79 Å². The van der Waals surface area contributed by atoms with Crippen LogP contribution >= 0.6 is 0 Å². The molecule has 4 atom stereocenters. The van der Waals surface area contributed by atoms with Crippen molar-refractivity contribution in [1.29, 1.82) is 0 Å². The Morgan fingerprint density at radius 2 is 2.21 bits per heavy atom. The number of methoxy groups -OCH3 is 1. The zero-order valence-electron chi connectivity index (χ0n) is 16.5. The number of hydrogen-bond acceptors (Lipinski definition) is 4. The molecule has 2 N–H and O–H groups in total. The first-order valence-corrected chi connectivity index (χ1v) is 10.0. The molecule has 2 aliphatic rings. The third-order valence-corrected chi connectivity index (χ3v) is 6.35. The lowest BCUT2D eigenvalue weighted by Gasteiger charge is -2.46. The molecule has 0 bridgehead atoms. The maximum absolute atomic E-state index is 14.2. The fraction of sp³-hybridized carbons (Fsp3) is 0.571. The van der Waals surface area contributed by atoms with Crippen molar-refractivity contribution in [3.63, 3.8) is 0 Å². The van der Waals surface area contributed by atoms with Gasteiger partial charge in [-0.15, -0.1) is 5.10 Å². The fourth-order valence-electron chi connectivity index (χ4n) is 4.65.